The number of hydrogen-bond acceptors (Lipinski definition) is 19. The number of fused-ring (bicyclic) bond motifs is 3. The molecular formula is C105H90O19. The first-order valence-electron chi connectivity index (χ1n) is 40.7. The molecule has 0 N–H and O–H groups in total. The molecule has 0 aromatic heterocycles. The lowest BCUT2D eigenvalue weighted by atomic mass is 9.91. The quantitative estimate of drug-likeness (QED) is 0.0260. The average molecular weight is 1660 g/mol. The van der Waals surface area contributed by atoms with Gasteiger partial charge in [0.15, 0.2) is 52.8 Å². The molecule has 3 unspecified atom stereocenters. The second kappa shape index (κ2) is 42.8. The van der Waals surface area contributed by atoms with Gasteiger partial charge in [0.05, 0.1) is 37.0 Å². The fourth-order valence-electron chi connectivity index (χ4n) is 13.9. The molecule has 0 saturated carbocycles. The van der Waals surface area contributed by atoms with E-state index >= 15 is 19.2 Å². The topological polar surface area (TPSA) is 207 Å². The molecule has 1 aliphatic heterocycles. The molecule has 19 nitrogen and oxygen atoms in total. The van der Waals surface area contributed by atoms with Crippen molar-refractivity contribution in [3.8, 4) is 62.9 Å². The number of rotatable bonds is 38. The minimum absolute atomic E-state index is 0.00558. The Balaban J connectivity index is 0.997. The van der Waals surface area contributed by atoms with Crippen molar-refractivity contribution in [2.75, 3.05) is 13.7 Å². The van der Waals surface area contributed by atoms with Gasteiger partial charge in [0.2, 0.25) is 17.2 Å². The maximum atomic E-state index is 17.7. The number of carbonyl (C=O) groups excluding carboxylic acids is 4. The maximum absolute atomic E-state index is 17.7. The lowest BCUT2D eigenvalue weighted by Gasteiger charge is -2.35. The zero-order valence-electron chi connectivity index (χ0n) is 68.1. The summed E-state index contributed by atoms with van der Waals surface area (Å²) in [7, 11) is 1.17. The molecule has 0 bridgehead atoms. The van der Waals surface area contributed by atoms with Gasteiger partial charge in [-0.25, -0.2) is 19.2 Å². The minimum atomic E-state index is -2.09. The molecule has 0 spiro atoms. The van der Waals surface area contributed by atoms with Gasteiger partial charge < -0.3 is 71.1 Å². The van der Waals surface area contributed by atoms with Crippen LogP contribution in [0, 0.1) is 0 Å². The smallest absolute Gasteiger partial charge is 0.339 e. The van der Waals surface area contributed by atoms with Crippen LogP contribution < -0.4 is 42.6 Å². The molecule has 4 atom stereocenters. The Kier molecular flexibility index (Phi) is 29.1. The summed E-state index contributed by atoms with van der Waals surface area (Å²) in [5.41, 5.74) is 6.70. The zero-order valence-corrected chi connectivity index (χ0v) is 68.1. The lowest BCUT2D eigenvalue weighted by Crippen LogP contribution is -2.54. The molecule has 624 valence electrons. The Morgan fingerprint density at radius 1 is 0.306 bits per heavy atom. The number of carbonyl (C=O) groups is 4. The van der Waals surface area contributed by atoms with Gasteiger partial charge in [0, 0.05) is 11.1 Å². The van der Waals surface area contributed by atoms with Crippen LogP contribution >= 0.6 is 0 Å². The van der Waals surface area contributed by atoms with Crippen molar-refractivity contribution in [2.45, 2.75) is 97.1 Å². The van der Waals surface area contributed by atoms with Crippen molar-refractivity contribution in [1.29, 1.82) is 0 Å². The number of ether oxygens (including phenoxy) is 15. The Bertz CT molecular complexity index is 5700. The fourth-order valence-corrected chi connectivity index (χ4v) is 13.9. The molecule has 124 heavy (non-hydrogen) atoms. The zero-order chi connectivity index (χ0) is 84.9. The van der Waals surface area contributed by atoms with Gasteiger partial charge in [-0.15, -0.1) is 0 Å². The monoisotopic (exact) mass is 1650 g/mol. The van der Waals surface area contributed by atoms with E-state index in [9.17, 15) is 0 Å². The summed E-state index contributed by atoms with van der Waals surface area (Å²) in [5, 5.41) is 0. The minimum Gasteiger partial charge on any atom is -0.485 e. The second-order valence-electron chi connectivity index (χ2n) is 29.1. The molecule has 15 rings (SSSR count). The molecule has 1 aliphatic rings. The molecule has 19 heteroatoms. The van der Waals surface area contributed by atoms with Gasteiger partial charge in [-0.05, 0) is 85.5 Å². The molecule has 0 aliphatic carbocycles. The normalized spacial score (nSPS) is 13.4. The predicted molar refractivity (Wildman–Crippen MR) is 466 cm³/mol. The fraction of sp³-hybridized carbons (Fsp3) is 0.162. The van der Waals surface area contributed by atoms with E-state index in [-0.39, 0.29) is 152 Å². The van der Waals surface area contributed by atoms with Gasteiger partial charge in [-0.2, -0.15) is 0 Å². The Morgan fingerprint density at radius 3 is 0.871 bits per heavy atom. The Hall–Kier alpha value is -14.9. The van der Waals surface area contributed by atoms with Gasteiger partial charge >= 0.3 is 23.9 Å². The van der Waals surface area contributed by atoms with Crippen LogP contribution in [0.2, 0.25) is 0 Å². The highest BCUT2D eigenvalue weighted by atomic mass is 16.6. The summed E-state index contributed by atoms with van der Waals surface area (Å²) in [4.78, 5) is 66.5. The van der Waals surface area contributed by atoms with E-state index in [0.29, 0.717) is 22.3 Å². The van der Waals surface area contributed by atoms with Crippen molar-refractivity contribution in [3.63, 3.8) is 0 Å². The predicted octanol–water partition coefficient (Wildman–Crippen LogP) is 20.8. The molecular weight excluding hydrogens is 1570 g/mol. The largest absolute Gasteiger partial charge is 0.485 e. The van der Waals surface area contributed by atoms with E-state index < -0.39 is 54.9 Å². The summed E-state index contributed by atoms with van der Waals surface area (Å²) >= 11 is 0. The number of benzene rings is 14. The van der Waals surface area contributed by atoms with Gasteiger partial charge in [0.25, 0.3) is 0 Å². The van der Waals surface area contributed by atoms with Crippen molar-refractivity contribution in [3.05, 3.63) is 436 Å². The van der Waals surface area contributed by atoms with Crippen molar-refractivity contribution in [2.24, 2.45) is 0 Å². The van der Waals surface area contributed by atoms with Gasteiger partial charge in [-0.3, -0.25) is 0 Å². The lowest BCUT2D eigenvalue weighted by molar-refractivity contribution is -0.189. The Morgan fingerprint density at radius 2 is 0.565 bits per heavy atom. The highest BCUT2D eigenvalue weighted by molar-refractivity contribution is 6.09. The summed E-state index contributed by atoms with van der Waals surface area (Å²) in [6, 6.07) is 109. The first kappa shape index (κ1) is 84.1. The molecule has 14 aromatic rings. The molecule has 0 fully saturated rings. The maximum Gasteiger partial charge on any atom is 0.339 e. The van der Waals surface area contributed by atoms with Crippen LogP contribution in [-0.2, 0) is 106 Å². The summed E-state index contributed by atoms with van der Waals surface area (Å²) in [6.07, 6.45) is -7.83. The SMILES string of the molecule is COC(=O)C(OCc1ccccc1)C(OCc1ccccc1)[C@@H]1OC(=O)c2cc(OCc3ccccc3)c(OCc3ccccc3)c(OCc3ccccc3)c2-c2c(cc(OCc3ccccc3)c(OCc3ccccc3)c2OCc2ccccc2)C(=O)OCC1OC(=O)c1cc(OCc2ccccc2)c(OCc2ccccc2)c(OCc2ccccc2)c1. The second-order valence-corrected chi connectivity index (χ2v) is 29.1. The number of cyclic esters (lactones) is 2. The third-order valence-electron chi connectivity index (χ3n) is 20.3. The van der Waals surface area contributed by atoms with Crippen LogP contribution in [-0.4, -0.2) is 62.0 Å². The first-order valence-corrected chi connectivity index (χ1v) is 40.7. The number of methoxy groups -OCH3 is 1. The molecule has 0 amide bonds. The number of hydrogen-bond donors (Lipinski definition) is 0. The third-order valence-corrected chi connectivity index (χ3v) is 20.3. The first-order chi connectivity index (χ1) is 61.1. The van der Waals surface area contributed by atoms with E-state index in [2.05, 4.69) is 0 Å². The van der Waals surface area contributed by atoms with Crippen LogP contribution in [0.1, 0.15) is 92.3 Å². The van der Waals surface area contributed by atoms with Crippen LogP contribution in [0.5, 0.6) is 51.7 Å². The third kappa shape index (κ3) is 22.6. The van der Waals surface area contributed by atoms with E-state index in [1.54, 1.807) is 48.5 Å². The van der Waals surface area contributed by atoms with Crippen LogP contribution in [0.4, 0.5) is 0 Å². The van der Waals surface area contributed by atoms with Gasteiger partial charge in [0.1, 0.15) is 72.2 Å². The standard InChI is InChI=1S/C105H90O19/c1-110-105(109)101(121-71-83-55-33-12-34-56-83)100(120-70-82-53-31-11-32-54-82)97-91(123-102(106)84-57-87(111-61-73-35-13-2-14-36-73)94(115-65-77-43-21-6-22-44-77)88(58-84)112-62-74-37-15-3-16-38-74)72-122-103(107)85-59-89(113-63-75-39-17-4-18-40-75)95(116-66-78-45-23-7-24-46-78)98(118-68-80-49-27-9-28-50-80)92(85)93-86(104(108)124-97)60-90(114-64-76-41-19-5-20-42-76)96(117-67-79-47-25-8-26-48-79)99(93)119-69-81-51-29-10-30-52-81/h2-60,91,97,100-101H,61-72H2,1H3/t91?,97-,100?,101?/m1/s1. The highest BCUT2D eigenvalue weighted by Crippen LogP contribution is 2.56. The van der Waals surface area contributed by atoms with E-state index in [1.165, 1.54) is 31.4 Å². The van der Waals surface area contributed by atoms with Crippen LogP contribution in [0.15, 0.2) is 358 Å². The summed E-state index contributed by atoms with van der Waals surface area (Å²) < 4.78 is 104. The number of esters is 4. The van der Waals surface area contributed by atoms with Crippen LogP contribution in [0.3, 0.4) is 0 Å². The van der Waals surface area contributed by atoms with Gasteiger partial charge in [-0.1, -0.05) is 334 Å². The molecule has 1 heterocycles. The van der Waals surface area contributed by atoms with Crippen molar-refractivity contribution in [1.82, 2.24) is 0 Å². The summed E-state index contributed by atoms with van der Waals surface area (Å²) in [6.45, 7) is -2.22. The Labute approximate surface area is 719 Å². The highest BCUT2D eigenvalue weighted by Gasteiger charge is 2.48. The van der Waals surface area contributed by atoms with Crippen molar-refractivity contribution >= 4 is 23.9 Å². The molecule has 0 radical (unpaired) electrons. The van der Waals surface area contributed by atoms with Crippen LogP contribution in [0.25, 0.3) is 11.1 Å². The molecule has 0 saturated heterocycles. The van der Waals surface area contributed by atoms with E-state index in [0.717, 1.165) is 38.9 Å². The van der Waals surface area contributed by atoms with Crippen molar-refractivity contribution < 1.29 is 90.2 Å². The van der Waals surface area contributed by atoms with E-state index in [1.807, 2.05) is 285 Å². The van der Waals surface area contributed by atoms with E-state index in [4.69, 9.17) is 71.1 Å². The summed E-state index contributed by atoms with van der Waals surface area (Å²) in [5.74, 6) is -4.56. The average Bonchev–Trinajstić information content (AvgIpc) is 1.05. The molecule has 14 aromatic carbocycles.